The van der Waals surface area contributed by atoms with Gasteiger partial charge < -0.3 is 23.7 Å². The molecule has 0 aliphatic carbocycles. The minimum Gasteiger partial charge on any atom is -0.467 e. The van der Waals surface area contributed by atoms with E-state index in [2.05, 4.69) is 14.8 Å². The molecule has 8 heteroatoms. The molecule has 0 atom stereocenters. The second-order valence-electron chi connectivity index (χ2n) is 8.31. The zero-order valence-electron chi connectivity index (χ0n) is 17.7. The lowest BCUT2D eigenvalue weighted by molar-refractivity contribution is 0.00157. The average Bonchev–Trinajstić information content (AvgIpc) is 3.07. The van der Waals surface area contributed by atoms with Gasteiger partial charge in [-0.1, -0.05) is 12.1 Å². The van der Waals surface area contributed by atoms with Crippen LogP contribution in [0.5, 0.6) is 5.75 Å². The number of ether oxygens (including phenoxy) is 3. The second-order valence-corrected chi connectivity index (χ2v) is 8.31. The molecule has 3 aromatic rings. The van der Waals surface area contributed by atoms with Crippen molar-refractivity contribution in [1.82, 2.24) is 19.7 Å². The van der Waals surface area contributed by atoms with Crippen LogP contribution in [-0.4, -0.2) is 58.4 Å². The van der Waals surface area contributed by atoms with Gasteiger partial charge in [-0.2, -0.15) is 0 Å². The predicted octanol–water partition coefficient (Wildman–Crippen LogP) is 3.87. The van der Waals surface area contributed by atoms with Crippen LogP contribution in [0.1, 0.15) is 26.8 Å². The molecule has 0 bridgehead atoms. The Morgan fingerprint density at radius 3 is 2.67 bits per heavy atom. The number of para-hydroxylation sites is 1. The van der Waals surface area contributed by atoms with Crippen molar-refractivity contribution in [2.75, 3.05) is 27.0 Å². The van der Waals surface area contributed by atoms with E-state index in [0.717, 1.165) is 22.3 Å². The molecule has 0 N–H and O–H groups in total. The summed E-state index contributed by atoms with van der Waals surface area (Å²) in [6.45, 7) is 6.97. The van der Waals surface area contributed by atoms with Crippen molar-refractivity contribution < 1.29 is 19.0 Å². The van der Waals surface area contributed by atoms with E-state index in [1.54, 1.807) is 12.0 Å². The monoisotopic (exact) mass is 410 g/mol. The number of hydrogen-bond donors (Lipinski definition) is 0. The van der Waals surface area contributed by atoms with Crippen LogP contribution in [0.3, 0.4) is 0 Å². The molecule has 1 aliphatic heterocycles. The lowest BCUT2D eigenvalue weighted by Crippen LogP contribution is -2.52. The molecule has 1 fully saturated rings. The number of fused-ring (bicyclic) bond motifs is 1. The van der Waals surface area contributed by atoms with Crippen LogP contribution in [0.15, 0.2) is 42.6 Å². The Kier molecular flexibility index (Phi) is 5.34. The molecule has 1 saturated heterocycles. The molecule has 0 spiro atoms. The van der Waals surface area contributed by atoms with E-state index in [4.69, 9.17) is 14.2 Å². The van der Waals surface area contributed by atoms with Gasteiger partial charge in [0.1, 0.15) is 16.9 Å². The molecule has 2 aromatic heterocycles. The standard InChI is InChI=1S/C22H26N4O4/c1-22(2,3)30-21(27)25-12-15(13-25)26-10-9-17-19(26)11-18(24-23-17)16-7-5-6-8-20(16)29-14-28-4/h5-11,15H,12-14H2,1-4H3. The van der Waals surface area contributed by atoms with Crippen LogP contribution in [0.2, 0.25) is 0 Å². The van der Waals surface area contributed by atoms with E-state index < -0.39 is 5.60 Å². The first-order valence-corrected chi connectivity index (χ1v) is 9.89. The average molecular weight is 410 g/mol. The summed E-state index contributed by atoms with van der Waals surface area (Å²) in [7, 11) is 1.58. The summed E-state index contributed by atoms with van der Waals surface area (Å²) >= 11 is 0. The fourth-order valence-corrected chi connectivity index (χ4v) is 3.43. The Morgan fingerprint density at radius 1 is 1.17 bits per heavy atom. The molecule has 4 rings (SSSR count). The van der Waals surface area contributed by atoms with Crippen LogP contribution in [-0.2, 0) is 9.47 Å². The Hall–Kier alpha value is -3.13. The Bertz CT molecular complexity index is 1050. The number of carbonyl (C=O) groups is 1. The van der Waals surface area contributed by atoms with Gasteiger partial charge >= 0.3 is 6.09 Å². The van der Waals surface area contributed by atoms with Crippen LogP contribution in [0, 0.1) is 0 Å². The Morgan fingerprint density at radius 2 is 1.93 bits per heavy atom. The molecule has 1 amide bonds. The van der Waals surface area contributed by atoms with Crippen molar-refractivity contribution in [2.24, 2.45) is 0 Å². The Balaban J connectivity index is 1.56. The highest BCUT2D eigenvalue weighted by molar-refractivity contribution is 5.81. The maximum atomic E-state index is 12.2. The van der Waals surface area contributed by atoms with Gasteiger partial charge in [-0.25, -0.2) is 4.79 Å². The highest BCUT2D eigenvalue weighted by atomic mass is 16.7. The topological polar surface area (TPSA) is 78.7 Å². The van der Waals surface area contributed by atoms with E-state index in [0.29, 0.717) is 18.8 Å². The molecule has 0 saturated carbocycles. The summed E-state index contributed by atoms with van der Waals surface area (Å²) in [4.78, 5) is 13.9. The fraction of sp³-hybridized carbons (Fsp3) is 0.409. The summed E-state index contributed by atoms with van der Waals surface area (Å²) in [5.41, 5.74) is 2.85. The smallest absolute Gasteiger partial charge is 0.410 e. The SMILES string of the molecule is COCOc1ccccc1-c1cc2c(ccn2C2CN(C(=O)OC(C)(C)C)C2)nn1. The third-order valence-electron chi connectivity index (χ3n) is 4.88. The molecular weight excluding hydrogens is 384 g/mol. The number of methoxy groups -OCH3 is 1. The largest absolute Gasteiger partial charge is 0.467 e. The molecule has 0 radical (unpaired) electrons. The molecule has 1 aliphatic rings. The molecule has 30 heavy (non-hydrogen) atoms. The first kappa shape index (κ1) is 20.2. The number of nitrogens with zero attached hydrogens (tertiary/aromatic N) is 4. The van der Waals surface area contributed by atoms with Gasteiger partial charge in [-0.15, -0.1) is 10.2 Å². The lowest BCUT2D eigenvalue weighted by atomic mass is 10.1. The van der Waals surface area contributed by atoms with Crippen molar-refractivity contribution in [3.8, 4) is 17.0 Å². The zero-order chi connectivity index (χ0) is 21.3. The minimum atomic E-state index is -0.495. The highest BCUT2D eigenvalue weighted by Gasteiger charge is 2.35. The minimum absolute atomic E-state index is 0.158. The number of amides is 1. The van der Waals surface area contributed by atoms with E-state index in [1.807, 2.05) is 63.4 Å². The summed E-state index contributed by atoms with van der Waals surface area (Å²) in [6, 6.07) is 11.8. The molecule has 0 unspecified atom stereocenters. The lowest BCUT2D eigenvalue weighted by Gasteiger charge is -2.40. The second kappa shape index (κ2) is 7.95. The van der Waals surface area contributed by atoms with Gasteiger partial charge in [0.15, 0.2) is 6.79 Å². The third kappa shape index (κ3) is 4.09. The van der Waals surface area contributed by atoms with Crippen molar-refractivity contribution >= 4 is 17.1 Å². The fourth-order valence-electron chi connectivity index (χ4n) is 3.43. The van der Waals surface area contributed by atoms with E-state index in [1.165, 1.54) is 0 Å². The molecule has 3 heterocycles. The quantitative estimate of drug-likeness (QED) is 0.594. The Labute approximate surface area is 175 Å². The van der Waals surface area contributed by atoms with Crippen LogP contribution in [0.4, 0.5) is 4.79 Å². The predicted molar refractivity (Wildman–Crippen MR) is 112 cm³/mol. The van der Waals surface area contributed by atoms with Gasteiger partial charge in [-0.3, -0.25) is 0 Å². The van der Waals surface area contributed by atoms with E-state index in [-0.39, 0.29) is 18.9 Å². The maximum Gasteiger partial charge on any atom is 0.410 e. The molecule has 8 nitrogen and oxygen atoms in total. The number of aromatic nitrogens is 3. The summed E-state index contributed by atoms with van der Waals surface area (Å²) in [5, 5.41) is 8.76. The molecular formula is C22H26N4O4. The number of benzene rings is 1. The van der Waals surface area contributed by atoms with Gasteiger partial charge in [0.2, 0.25) is 0 Å². The van der Waals surface area contributed by atoms with E-state index >= 15 is 0 Å². The number of carbonyl (C=O) groups excluding carboxylic acids is 1. The highest BCUT2D eigenvalue weighted by Crippen LogP contribution is 2.32. The van der Waals surface area contributed by atoms with Crippen LogP contribution in [0.25, 0.3) is 22.3 Å². The number of hydrogen-bond acceptors (Lipinski definition) is 6. The van der Waals surface area contributed by atoms with Crippen molar-refractivity contribution in [1.29, 1.82) is 0 Å². The number of likely N-dealkylation sites (tertiary alicyclic amines) is 1. The maximum absolute atomic E-state index is 12.2. The normalized spacial score (nSPS) is 14.6. The van der Waals surface area contributed by atoms with Crippen LogP contribution >= 0.6 is 0 Å². The van der Waals surface area contributed by atoms with Gasteiger partial charge in [0.05, 0.1) is 17.3 Å². The van der Waals surface area contributed by atoms with Crippen molar-refractivity contribution in [3.63, 3.8) is 0 Å². The first-order valence-electron chi connectivity index (χ1n) is 9.89. The summed E-state index contributed by atoms with van der Waals surface area (Å²) in [5.74, 6) is 0.686. The van der Waals surface area contributed by atoms with Gasteiger partial charge in [0, 0.05) is 32.0 Å². The summed E-state index contributed by atoms with van der Waals surface area (Å²) < 4.78 is 18.3. The van der Waals surface area contributed by atoms with Gasteiger partial charge in [-0.05, 0) is 45.0 Å². The first-order chi connectivity index (χ1) is 14.4. The van der Waals surface area contributed by atoms with Gasteiger partial charge in [0.25, 0.3) is 0 Å². The van der Waals surface area contributed by atoms with Crippen molar-refractivity contribution in [3.05, 3.63) is 42.6 Å². The zero-order valence-corrected chi connectivity index (χ0v) is 17.7. The summed E-state index contributed by atoms with van der Waals surface area (Å²) in [6.07, 6.45) is 1.72. The van der Waals surface area contributed by atoms with Crippen molar-refractivity contribution in [2.45, 2.75) is 32.4 Å². The number of rotatable bonds is 5. The van der Waals surface area contributed by atoms with E-state index in [9.17, 15) is 4.79 Å². The molecule has 158 valence electrons. The van der Waals surface area contributed by atoms with Crippen LogP contribution < -0.4 is 4.74 Å². The molecule has 1 aromatic carbocycles. The third-order valence-corrected chi connectivity index (χ3v) is 4.88.